The van der Waals surface area contributed by atoms with Crippen molar-refractivity contribution in [1.82, 2.24) is 0 Å². The van der Waals surface area contributed by atoms with Crippen LogP contribution in [-0.4, -0.2) is 19.6 Å². The van der Waals surface area contributed by atoms with E-state index in [1.807, 2.05) is 29.2 Å². The molecule has 1 amide bonds. The van der Waals surface area contributed by atoms with Gasteiger partial charge in [-0.05, 0) is 54.7 Å². The fourth-order valence-electron chi connectivity index (χ4n) is 3.00. The number of fused-ring (bicyclic) bond motifs is 1. The molecule has 0 N–H and O–H groups in total. The first-order valence-electron chi connectivity index (χ1n) is 7.70. The largest absolute Gasteiger partial charge is 0.497 e. The van der Waals surface area contributed by atoms with Crippen molar-refractivity contribution in [1.29, 1.82) is 0 Å². The first-order valence-corrected chi connectivity index (χ1v) is 7.70. The first kappa shape index (κ1) is 14.6. The van der Waals surface area contributed by atoms with Gasteiger partial charge in [-0.2, -0.15) is 0 Å². The number of aryl methyl sites for hydroxylation is 2. The Labute approximate surface area is 131 Å². The summed E-state index contributed by atoms with van der Waals surface area (Å²) in [5.41, 5.74) is 4.54. The molecule has 3 heteroatoms. The second-order valence-corrected chi connectivity index (χ2v) is 5.81. The lowest BCUT2D eigenvalue weighted by atomic mass is 9.99. The van der Waals surface area contributed by atoms with Gasteiger partial charge in [0.2, 0.25) is 5.91 Å². The number of amides is 1. The van der Waals surface area contributed by atoms with E-state index in [9.17, 15) is 4.79 Å². The first-order chi connectivity index (χ1) is 10.7. The maximum Gasteiger partial charge on any atom is 0.231 e. The van der Waals surface area contributed by atoms with Crippen LogP contribution in [0.3, 0.4) is 0 Å². The maximum absolute atomic E-state index is 12.7. The van der Waals surface area contributed by atoms with Crippen LogP contribution in [-0.2, 0) is 17.6 Å². The molecular formula is C19H21NO2. The summed E-state index contributed by atoms with van der Waals surface area (Å²) >= 11 is 0. The molecule has 0 saturated heterocycles. The lowest BCUT2D eigenvalue weighted by molar-refractivity contribution is -0.118. The van der Waals surface area contributed by atoms with Gasteiger partial charge in [0.15, 0.2) is 0 Å². The fourth-order valence-corrected chi connectivity index (χ4v) is 3.00. The van der Waals surface area contributed by atoms with Gasteiger partial charge in [-0.1, -0.05) is 24.3 Å². The van der Waals surface area contributed by atoms with Crippen molar-refractivity contribution in [2.45, 2.75) is 26.2 Å². The number of carbonyl (C=O) groups excluding carboxylic acids is 1. The van der Waals surface area contributed by atoms with E-state index in [-0.39, 0.29) is 5.91 Å². The Bertz CT molecular complexity index is 694. The lowest BCUT2D eigenvalue weighted by Crippen LogP contribution is -2.36. The quantitative estimate of drug-likeness (QED) is 0.867. The van der Waals surface area contributed by atoms with Gasteiger partial charge in [0.05, 0.1) is 13.5 Å². The summed E-state index contributed by atoms with van der Waals surface area (Å²) in [6.07, 6.45) is 2.49. The Morgan fingerprint density at radius 1 is 1.23 bits per heavy atom. The molecule has 0 spiro atoms. The molecule has 1 heterocycles. The number of ether oxygens (including phenoxy) is 1. The molecule has 22 heavy (non-hydrogen) atoms. The number of benzene rings is 2. The summed E-state index contributed by atoms with van der Waals surface area (Å²) in [4.78, 5) is 14.7. The van der Waals surface area contributed by atoms with Gasteiger partial charge in [0.25, 0.3) is 0 Å². The number of anilines is 1. The topological polar surface area (TPSA) is 29.5 Å². The van der Waals surface area contributed by atoms with Crippen LogP contribution in [0.5, 0.6) is 5.75 Å². The second-order valence-electron chi connectivity index (χ2n) is 5.81. The van der Waals surface area contributed by atoms with Crippen molar-refractivity contribution in [2.24, 2.45) is 0 Å². The molecule has 2 aromatic carbocycles. The highest BCUT2D eigenvalue weighted by atomic mass is 16.5. The number of methoxy groups -OCH3 is 1. The normalized spacial score (nSPS) is 13.6. The molecule has 1 aliphatic heterocycles. The van der Waals surface area contributed by atoms with Crippen LogP contribution < -0.4 is 9.64 Å². The van der Waals surface area contributed by atoms with Crippen molar-refractivity contribution < 1.29 is 9.53 Å². The average molecular weight is 295 g/mol. The van der Waals surface area contributed by atoms with E-state index < -0.39 is 0 Å². The highest BCUT2D eigenvalue weighted by Crippen LogP contribution is 2.29. The van der Waals surface area contributed by atoms with E-state index in [2.05, 4.69) is 25.1 Å². The molecule has 0 fully saturated rings. The molecule has 3 rings (SSSR count). The van der Waals surface area contributed by atoms with E-state index in [1.54, 1.807) is 7.11 Å². The molecule has 1 aliphatic rings. The molecule has 0 saturated carbocycles. The zero-order valence-electron chi connectivity index (χ0n) is 13.1. The van der Waals surface area contributed by atoms with Crippen LogP contribution in [0.15, 0.2) is 42.5 Å². The summed E-state index contributed by atoms with van der Waals surface area (Å²) in [6, 6.07) is 14.1. The summed E-state index contributed by atoms with van der Waals surface area (Å²) in [7, 11) is 1.64. The van der Waals surface area contributed by atoms with Gasteiger partial charge >= 0.3 is 0 Å². The zero-order valence-corrected chi connectivity index (χ0v) is 13.1. The molecule has 0 atom stereocenters. The van der Waals surface area contributed by atoms with Gasteiger partial charge in [0.1, 0.15) is 5.75 Å². The molecule has 2 aromatic rings. The van der Waals surface area contributed by atoms with E-state index in [4.69, 9.17) is 4.74 Å². The monoisotopic (exact) mass is 295 g/mol. The van der Waals surface area contributed by atoms with E-state index >= 15 is 0 Å². The molecule has 0 radical (unpaired) electrons. The summed E-state index contributed by atoms with van der Waals surface area (Å²) in [6.45, 7) is 2.87. The molecule has 0 unspecified atom stereocenters. The van der Waals surface area contributed by atoms with Gasteiger partial charge in [0, 0.05) is 12.2 Å². The number of rotatable bonds is 3. The maximum atomic E-state index is 12.7. The number of hydrogen-bond donors (Lipinski definition) is 0. The molecular weight excluding hydrogens is 274 g/mol. The van der Waals surface area contributed by atoms with Crippen molar-refractivity contribution in [3.05, 3.63) is 59.2 Å². The Balaban J connectivity index is 1.83. The number of nitrogens with zero attached hydrogens (tertiary/aromatic N) is 1. The average Bonchev–Trinajstić information content (AvgIpc) is 2.54. The SMILES string of the molecule is COc1cccc(CC(=O)N2CCCc3ccc(C)cc32)c1. The minimum Gasteiger partial charge on any atom is -0.497 e. The Hall–Kier alpha value is -2.29. The van der Waals surface area contributed by atoms with E-state index in [0.29, 0.717) is 6.42 Å². The van der Waals surface area contributed by atoms with Crippen molar-refractivity contribution in [3.8, 4) is 5.75 Å². The van der Waals surface area contributed by atoms with Crippen LogP contribution in [0.1, 0.15) is 23.1 Å². The molecule has 0 bridgehead atoms. The van der Waals surface area contributed by atoms with Crippen LogP contribution in [0.4, 0.5) is 5.69 Å². The molecule has 3 nitrogen and oxygen atoms in total. The minimum absolute atomic E-state index is 0.153. The fraction of sp³-hybridized carbons (Fsp3) is 0.316. The zero-order chi connectivity index (χ0) is 15.5. The highest BCUT2D eigenvalue weighted by Gasteiger charge is 2.22. The van der Waals surface area contributed by atoms with Crippen molar-refractivity contribution in [3.63, 3.8) is 0 Å². The van der Waals surface area contributed by atoms with Crippen LogP contribution in [0.2, 0.25) is 0 Å². The minimum atomic E-state index is 0.153. The third-order valence-electron chi connectivity index (χ3n) is 4.15. The van der Waals surface area contributed by atoms with E-state index in [1.165, 1.54) is 11.1 Å². The second kappa shape index (κ2) is 6.22. The van der Waals surface area contributed by atoms with Gasteiger partial charge in [-0.25, -0.2) is 0 Å². The Morgan fingerprint density at radius 3 is 2.91 bits per heavy atom. The lowest BCUT2D eigenvalue weighted by Gasteiger charge is -2.30. The van der Waals surface area contributed by atoms with Crippen molar-refractivity contribution in [2.75, 3.05) is 18.6 Å². The smallest absolute Gasteiger partial charge is 0.231 e. The highest BCUT2D eigenvalue weighted by molar-refractivity contribution is 5.96. The number of carbonyl (C=O) groups is 1. The standard InChI is InChI=1S/C19H21NO2/c1-14-8-9-16-6-4-10-20(18(16)11-14)19(21)13-15-5-3-7-17(12-15)22-2/h3,5,7-9,11-12H,4,6,10,13H2,1-2H3. The predicted octanol–water partition coefficient (Wildman–Crippen LogP) is 3.53. The van der Waals surface area contributed by atoms with Crippen LogP contribution >= 0.6 is 0 Å². The third-order valence-corrected chi connectivity index (χ3v) is 4.15. The Morgan fingerprint density at radius 2 is 2.09 bits per heavy atom. The summed E-state index contributed by atoms with van der Waals surface area (Å²) < 4.78 is 5.23. The summed E-state index contributed by atoms with van der Waals surface area (Å²) in [5, 5.41) is 0. The van der Waals surface area contributed by atoms with Gasteiger partial charge in [-0.15, -0.1) is 0 Å². The predicted molar refractivity (Wildman–Crippen MR) is 88.6 cm³/mol. The molecule has 0 aromatic heterocycles. The van der Waals surface area contributed by atoms with E-state index in [0.717, 1.165) is 36.4 Å². The van der Waals surface area contributed by atoms with Gasteiger partial charge in [-0.3, -0.25) is 4.79 Å². The molecule has 114 valence electrons. The molecule has 0 aliphatic carbocycles. The van der Waals surface area contributed by atoms with Gasteiger partial charge < -0.3 is 9.64 Å². The summed E-state index contributed by atoms with van der Waals surface area (Å²) in [5.74, 6) is 0.944. The van der Waals surface area contributed by atoms with Crippen molar-refractivity contribution >= 4 is 11.6 Å². The number of hydrogen-bond acceptors (Lipinski definition) is 2. The van der Waals surface area contributed by atoms with Crippen LogP contribution in [0.25, 0.3) is 0 Å². The third kappa shape index (κ3) is 2.98. The Kier molecular flexibility index (Phi) is 4.14. The van der Waals surface area contributed by atoms with Crippen LogP contribution in [0, 0.1) is 6.92 Å².